The van der Waals surface area contributed by atoms with Crippen LogP contribution in [0.5, 0.6) is 0 Å². The van der Waals surface area contributed by atoms with Gasteiger partial charge in [-0.2, -0.15) is 0 Å². The highest BCUT2D eigenvalue weighted by atomic mass is 16.1. The van der Waals surface area contributed by atoms with E-state index in [0.717, 1.165) is 0 Å². The quantitative estimate of drug-likeness (QED) is 0.433. The Morgan fingerprint density at radius 3 is 2.88 bits per heavy atom. The molecule has 1 aliphatic rings. The van der Waals surface area contributed by atoms with Gasteiger partial charge < -0.3 is 5.73 Å². The molecular weight excluding hydrogens is 106 g/mol. The predicted octanol–water partition coefficient (Wildman–Crippen LogP) is -1.53. The first kappa shape index (κ1) is 5.24. The molecule has 0 bridgehead atoms. The number of nitrogens with two attached hydrogens (primary N) is 1. The molecule has 0 spiro atoms. The largest absolute Gasteiger partial charge is 0.365 e. The number of hydrogen-bond acceptors (Lipinski definition) is 3. The third-order valence-electron chi connectivity index (χ3n) is 0.959. The van der Waals surface area contributed by atoms with Crippen molar-refractivity contribution in [2.75, 3.05) is 13.2 Å². The molecule has 0 unspecified atom stereocenters. The molecule has 4 heteroatoms. The predicted molar refractivity (Wildman–Crippen MR) is 29.5 cm³/mol. The van der Waals surface area contributed by atoms with E-state index in [9.17, 15) is 4.79 Å². The van der Waals surface area contributed by atoms with Gasteiger partial charge in [-0.25, -0.2) is 0 Å². The van der Waals surface area contributed by atoms with E-state index in [4.69, 9.17) is 5.73 Å². The molecule has 0 aromatic carbocycles. The highest BCUT2D eigenvalue weighted by Crippen LogP contribution is 1.82. The summed E-state index contributed by atoms with van der Waals surface area (Å²) < 4.78 is 0. The summed E-state index contributed by atoms with van der Waals surface area (Å²) in [6.07, 6.45) is 0. The molecule has 8 heavy (non-hydrogen) atoms. The Bertz CT molecular complexity index is 140. The molecule has 0 atom stereocenters. The van der Waals surface area contributed by atoms with E-state index in [1.165, 1.54) is 0 Å². The summed E-state index contributed by atoms with van der Waals surface area (Å²) in [5, 5.41) is 2.85. The van der Waals surface area contributed by atoms with Crippen molar-refractivity contribution in [3.05, 3.63) is 0 Å². The van der Waals surface area contributed by atoms with E-state index in [1.54, 1.807) is 0 Å². The highest BCUT2D eigenvalue weighted by molar-refractivity contribution is 6.39. The molecule has 0 saturated heterocycles. The maximum atomic E-state index is 10.3. The summed E-state index contributed by atoms with van der Waals surface area (Å²) in [6.45, 7) is 1.05. The Morgan fingerprint density at radius 2 is 2.62 bits per heavy atom. The van der Waals surface area contributed by atoms with Crippen molar-refractivity contribution in [3.63, 3.8) is 0 Å². The number of primary amides is 1. The topological polar surface area (TPSA) is 67.5 Å². The molecular formula is C4H7N3O. The molecule has 0 saturated carbocycles. The van der Waals surface area contributed by atoms with Crippen molar-refractivity contribution in [2.45, 2.75) is 0 Å². The van der Waals surface area contributed by atoms with Crippen molar-refractivity contribution < 1.29 is 4.79 Å². The van der Waals surface area contributed by atoms with Crippen molar-refractivity contribution >= 4 is 11.6 Å². The molecule has 1 heterocycles. The van der Waals surface area contributed by atoms with Gasteiger partial charge in [0.25, 0.3) is 5.91 Å². The first-order chi connectivity index (χ1) is 3.80. The third-order valence-corrected chi connectivity index (χ3v) is 0.959. The van der Waals surface area contributed by atoms with Crippen LogP contribution in [-0.2, 0) is 4.79 Å². The number of aliphatic imine (C=N–C) groups is 1. The minimum atomic E-state index is -0.421. The second-order valence-electron chi connectivity index (χ2n) is 1.55. The first-order valence-corrected chi connectivity index (χ1v) is 2.34. The van der Waals surface area contributed by atoms with Gasteiger partial charge in [0.05, 0.1) is 6.67 Å². The smallest absolute Gasteiger partial charge is 0.264 e. The third kappa shape index (κ3) is 0.840. The molecule has 4 nitrogen and oxygen atoms in total. The lowest BCUT2D eigenvalue weighted by molar-refractivity contribution is -0.112. The Kier molecular flexibility index (Phi) is 1.26. The van der Waals surface area contributed by atoms with Gasteiger partial charge in [0.1, 0.15) is 5.71 Å². The number of nitrogens with one attached hydrogen (secondary N) is 1. The minimum absolute atomic E-state index is 0.421. The molecule has 0 aliphatic carbocycles. The Balaban J connectivity index is 2.57. The molecule has 1 amide bonds. The SMILES string of the molecule is NC(=O)C1=NCNC1. The molecule has 1 aliphatic heterocycles. The van der Waals surface area contributed by atoms with Crippen LogP contribution in [0.15, 0.2) is 4.99 Å². The number of carbonyl (C=O) groups is 1. The average Bonchev–Trinajstić information content (AvgIpc) is 2.12. The fourth-order valence-corrected chi connectivity index (χ4v) is 0.547. The number of carbonyl (C=O) groups excluding carboxylic acids is 1. The van der Waals surface area contributed by atoms with Crippen molar-refractivity contribution in [1.82, 2.24) is 5.32 Å². The first-order valence-electron chi connectivity index (χ1n) is 2.34. The second kappa shape index (κ2) is 1.92. The number of rotatable bonds is 1. The van der Waals surface area contributed by atoms with E-state index in [0.29, 0.717) is 18.9 Å². The lowest BCUT2D eigenvalue weighted by atomic mass is 10.4. The van der Waals surface area contributed by atoms with Crippen LogP contribution in [0.1, 0.15) is 0 Å². The molecule has 0 fully saturated rings. The molecule has 3 N–H and O–H groups in total. The van der Waals surface area contributed by atoms with Crippen molar-refractivity contribution in [1.29, 1.82) is 0 Å². The summed E-state index contributed by atoms with van der Waals surface area (Å²) >= 11 is 0. The summed E-state index contributed by atoms with van der Waals surface area (Å²) in [5.74, 6) is -0.421. The zero-order valence-corrected chi connectivity index (χ0v) is 4.35. The number of amides is 1. The highest BCUT2D eigenvalue weighted by Gasteiger charge is 2.09. The van der Waals surface area contributed by atoms with Gasteiger partial charge in [0.15, 0.2) is 0 Å². The Hall–Kier alpha value is -0.900. The van der Waals surface area contributed by atoms with Gasteiger partial charge in [-0.15, -0.1) is 0 Å². The van der Waals surface area contributed by atoms with E-state index in [-0.39, 0.29) is 0 Å². The summed E-state index contributed by atoms with van der Waals surface area (Å²) in [7, 11) is 0. The van der Waals surface area contributed by atoms with Crippen LogP contribution in [0.25, 0.3) is 0 Å². The van der Waals surface area contributed by atoms with Crippen molar-refractivity contribution in [2.24, 2.45) is 10.7 Å². The van der Waals surface area contributed by atoms with E-state index >= 15 is 0 Å². The van der Waals surface area contributed by atoms with Gasteiger partial charge >= 0.3 is 0 Å². The van der Waals surface area contributed by atoms with E-state index in [1.807, 2.05) is 0 Å². The maximum absolute atomic E-state index is 10.3. The molecule has 1 rings (SSSR count). The molecule has 44 valence electrons. The van der Waals surface area contributed by atoms with Crippen molar-refractivity contribution in [3.8, 4) is 0 Å². The van der Waals surface area contributed by atoms with Crippen LogP contribution in [0.4, 0.5) is 0 Å². The van der Waals surface area contributed by atoms with Crippen LogP contribution in [0.2, 0.25) is 0 Å². The zero-order valence-electron chi connectivity index (χ0n) is 4.35. The van der Waals surface area contributed by atoms with Gasteiger partial charge in [-0.1, -0.05) is 0 Å². The normalized spacial score (nSPS) is 18.2. The Labute approximate surface area is 46.8 Å². The van der Waals surface area contributed by atoms with Crippen LogP contribution < -0.4 is 11.1 Å². The van der Waals surface area contributed by atoms with Gasteiger partial charge in [-0.05, 0) is 0 Å². The average molecular weight is 113 g/mol. The molecule has 0 aromatic rings. The fraction of sp³-hybridized carbons (Fsp3) is 0.500. The fourth-order valence-electron chi connectivity index (χ4n) is 0.547. The maximum Gasteiger partial charge on any atom is 0.264 e. The molecule has 0 radical (unpaired) electrons. The van der Waals surface area contributed by atoms with Crippen LogP contribution in [0.3, 0.4) is 0 Å². The number of nitrogens with zero attached hydrogens (tertiary/aromatic N) is 1. The summed E-state index contributed by atoms with van der Waals surface area (Å²) in [5.41, 5.74) is 5.34. The van der Waals surface area contributed by atoms with Gasteiger partial charge in [-0.3, -0.25) is 15.1 Å². The summed E-state index contributed by atoms with van der Waals surface area (Å²) in [6, 6.07) is 0. The lowest BCUT2D eigenvalue weighted by Crippen LogP contribution is -2.27. The minimum Gasteiger partial charge on any atom is -0.365 e. The van der Waals surface area contributed by atoms with E-state index < -0.39 is 5.91 Å². The van der Waals surface area contributed by atoms with Gasteiger partial charge in [0, 0.05) is 6.54 Å². The van der Waals surface area contributed by atoms with Gasteiger partial charge in [0.2, 0.25) is 0 Å². The van der Waals surface area contributed by atoms with Crippen LogP contribution in [0, 0.1) is 0 Å². The van der Waals surface area contributed by atoms with Crippen LogP contribution in [-0.4, -0.2) is 24.8 Å². The van der Waals surface area contributed by atoms with Crippen LogP contribution >= 0.6 is 0 Å². The monoisotopic (exact) mass is 113 g/mol. The Morgan fingerprint density at radius 1 is 1.88 bits per heavy atom. The lowest BCUT2D eigenvalue weighted by Gasteiger charge is -1.86. The molecule has 0 aromatic heterocycles. The summed E-state index contributed by atoms with van der Waals surface area (Å²) in [4.78, 5) is 14.0. The zero-order chi connectivity index (χ0) is 5.98. The number of hydrogen-bond donors (Lipinski definition) is 2. The second-order valence-corrected chi connectivity index (χ2v) is 1.55. The van der Waals surface area contributed by atoms with E-state index in [2.05, 4.69) is 10.3 Å². The standard InChI is InChI=1S/C4H7N3O/c5-4(8)3-1-6-2-7-3/h6H,1-2H2,(H2,5,8).